The highest BCUT2D eigenvalue weighted by Crippen LogP contribution is 2.33. The van der Waals surface area contributed by atoms with Gasteiger partial charge in [0.2, 0.25) is 0 Å². The van der Waals surface area contributed by atoms with Crippen LogP contribution in [0.1, 0.15) is 56.9 Å². The summed E-state index contributed by atoms with van der Waals surface area (Å²) in [7, 11) is 0. The van der Waals surface area contributed by atoms with Gasteiger partial charge in [-0.05, 0) is 49.1 Å². The molecule has 0 radical (unpaired) electrons. The van der Waals surface area contributed by atoms with Crippen LogP contribution in [0.5, 0.6) is 0 Å². The van der Waals surface area contributed by atoms with E-state index in [1.165, 1.54) is 31.2 Å². The lowest BCUT2D eigenvalue weighted by atomic mass is 10.0. The van der Waals surface area contributed by atoms with Crippen LogP contribution in [0, 0.1) is 0 Å². The van der Waals surface area contributed by atoms with Crippen LogP contribution in [0.4, 0.5) is 11.4 Å². The molecule has 0 saturated heterocycles. The van der Waals surface area contributed by atoms with Gasteiger partial charge in [-0.15, -0.1) is 12.4 Å². The first-order chi connectivity index (χ1) is 16.2. The molecule has 34 heavy (non-hydrogen) atoms. The topological polar surface area (TPSA) is 62.2 Å². The van der Waals surface area contributed by atoms with Gasteiger partial charge in [0.05, 0.1) is 16.7 Å². The van der Waals surface area contributed by atoms with E-state index in [2.05, 4.69) is 66.0 Å². The van der Waals surface area contributed by atoms with Crippen molar-refractivity contribution in [3.8, 4) is 0 Å². The maximum atomic E-state index is 10.5. The second-order valence-corrected chi connectivity index (χ2v) is 8.71. The molecular formula is C29H33ClN2O2. The summed E-state index contributed by atoms with van der Waals surface area (Å²) in [5.74, 6) is -0.682. The Morgan fingerprint density at radius 3 is 1.82 bits per heavy atom. The summed E-state index contributed by atoms with van der Waals surface area (Å²) in [6.07, 6.45) is 9.25. The van der Waals surface area contributed by atoms with Crippen molar-refractivity contribution in [1.29, 1.82) is 0 Å². The first-order valence-electron chi connectivity index (χ1n) is 12.1. The molecule has 4 aromatic rings. The Labute approximate surface area is 207 Å². The molecule has 4 nitrogen and oxygen atoms in total. The molecule has 0 aliphatic rings. The van der Waals surface area contributed by atoms with Gasteiger partial charge in [-0.3, -0.25) is 4.79 Å². The Hall–Kier alpha value is -3.11. The fourth-order valence-electron chi connectivity index (χ4n) is 4.36. The maximum absolute atomic E-state index is 10.5. The standard InChI is InChI=1S/C29H32N2O2.ClH/c32-28(33)17-7-5-3-1-2-4-6-12-22-18-20-23(21-19-22)30-29-24-13-8-10-15-26(24)31-27-16-11-9-14-25(27)29;/h8-11,13-16,18-21H,1-7,12,17H2,(H,30,31)(H,32,33);1H. The summed E-state index contributed by atoms with van der Waals surface area (Å²) >= 11 is 0. The first kappa shape index (κ1) is 25.5. The number of fused-ring (bicyclic) bond motifs is 2. The zero-order valence-corrected chi connectivity index (χ0v) is 20.3. The number of hydrogen-bond donors (Lipinski definition) is 2. The van der Waals surface area contributed by atoms with Gasteiger partial charge in [0, 0.05) is 22.9 Å². The number of carboxylic acid groups (broad SMARTS) is 1. The molecule has 4 rings (SSSR count). The zero-order valence-electron chi connectivity index (χ0n) is 19.5. The normalized spacial score (nSPS) is 10.8. The van der Waals surface area contributed by atoms with Crippen molar-refractivity contribution in [2.24, 2.45) is 0 Å². The van der Waals surface area contributed by atoms with Crippen molar-refractivity contribution in [2.75, 3.05) is 5.32 Å². The summed E-state index contributed by atoms with van der Waals surface area (Å²) in [6, 6.07) is 25.3. The molecule has 0 spiro atoms. The van der Waals surface area contributed by atoms with Crippen LogP contribution in [-0.2, 0) is 11.2 Å². The molecule has 0 unspecified atom stereocenters. The van der Waals surface area contributed by atoms with Crippen LogP contribution in [0.15, 0.2) is 72.8 Å². The van der Waals surface area contributed by atoms with E-state index in [4.69, 9.17) is 10.1 Å². The molecule has 0 atom stereocenters. The van der Waals surface area contributed by atoms with Crippen molar-refractivity contribution < 1.29 is 9.90 Å². The van der Waals surface area contributed by atoms with E-state index in [-0.39, 0.29) is 12.4 Å². The number of pyridine rings is 1. The number of nitrogens with one attached hydrogen (secondary N) is 1. The van der Waals surface area contributed by atoms with Gasteiger partial charge < -0.3 is 10.4 Å². The highest BCUT2D eigenvalue weighted by atomic mass is 35.5. The average molecular weight is 477 g/mol. The van der Waals surface area contributed by atoms with Gasteiger partial charge >= 0.3 is 5.97 Å². The van der Waals surface area contributed by atoms with Crippen molar-refractivity contribution in [2.45, 2.75) is 57.8 Å². The molecule has 178 valence electrons. The van der Waals surface area contributed by atoms with E-state index >= 15 is 0 Å². The molecule has 0 bridgehead atoms. The highest BCUT2D eigenvalue weighted by Gasteiger charge is 2.09. The summed E-state index contributed by atoms with van der Waals surface area (Å²) in [4.78, 5) is 15.3. The smallest absolute Gasteiger partial charge is 0.303 e. The fraction of sp³-hybridized carbons (Fsp3) is 0.310. The Bertz CT molecular complexity index is 1150. The molecule has 3 aromatic carbocycles. The van der Waals surface area contributed by atoms with Crippen LogP contribution in [0.2, 0.25) is 0 Å². The van der Waals surface area contributed by atoms with E-state index in [0.29, 0.717) is 6.42 Å². The number of aliphatic carboxylic acids is 1. The maximum Gasteiger partial charge on any atom is 0.303 e. The van der Waals surface area contributed by atoms with Crippen LogP contribution < -0.4 is 5.32 Å². The van der Waals surface area contributed by atoms with Crippen LogP contribution in [0.25, 0.3) is 21.8 Å². The third-order valence-electron chi connectivity index (χ3n) is 6.17. The van der Waals surface area contributed by atoms with E-state index in [9.17, 15) is 4.79 Å². The van der Waals surface area contributed by atoms with Crippen molar-refractivity contribution >= 4 is 51.6 Å². The number of benzene rings is 3. The number of para-hydroxylation sites is 2. The lowest BCUT2D eigenvalue weighted by molar-refractivity contribution is -0.137. The molecule has 0 aliphatic heterocycles. The molecule has 5 heteroatoms. The Morgan fingerprint density at radius 2 is 1.24 bits per heavy atom. The number of aryl methyl sites for hydroxylation is 1. The lowest BCUT2D eigenvalue weighted by Crippen LogP contribution is -1.96. The summed E-state index contributed by atoms with van der Waals surface area (Å²) in [5.41, 5.74) is 5.55. The minimum absolute atomic E-state index is 0. The van der Waals surface area contributed by atoms with Gasteiger partial charge in [0.15, 0.2) is 0 Å². The summed E-state index contributed by atoms with van der Waals surface area (Å²) in [6.45, 7) is 0. The van der Waals surface area contributed by atoms with Gasteiger partial charge in [0.25, 0.3) is 0 Å². The predicted molar refractivity (Wildman–Crippen MR) is 144 cm³/mol. The number of hydrogen-bond acceptors (Lipinski definition) is 3. The van der Waals surface area contributed by atoms with E-state index in [1.54, 1.807) is 0 Å². The SMILES string of the molecule is Cl.O=C(O)CCCCCCCCCc1ccc(Nc2c3ccccc3nc3ccccc23)cc1. The highest BCUT2D eigenvalue weighted by molar-refractivity contribution is 6.08. The van der Waals surface area contributed by atoms with Crippen molar-refractivity contribution in [3.63, 3.8) is 0 Å². The minimum Gasteiger partial charge on any atom is -0.481 e. The summed E-state index contributed by atoms with van der Waals surface area (Å²) in [5, 5.41) is 14.6. The van der Waals surface area contributed by atoms with Crippen LogP contribution in [-0.4, -0.2) is 16.1 Å². The molecule has 0 amide bonds. The van der Waals surface area contributed by atoms with E-state index < -0.39 is 5.97 Å². The number of halogens is 1. The largest absolute Gasteiger partial charge is 0.481 e. The molecule has 0 fully saturated rings. The summed E-state index contributed by atoms with van der Waals surface area (Å²) < 4.78 is 0. The molecule has 1 heterocycles. The second-order valence-electron chi connectivity index (χ2n) is 8.71. The second kappa shape index (κ2) is 13.0. The Kier molecular flexibility index (Phi) is 9.72. The number of rotatable bonds is 12. The number of carbonyl (C=O) groups is 1. The third kappa shape index (κ3) is 6.94. The predicted octanol–water partition coefficient (Wildman–Crippen LogP) is 8.30. The number of anilines is 2. The molecule has 2 N–H and O–H groups in total. The molecule has 0 aliphatic carbocycles. The molecule has 1 aromatic heterocycles. The fourth-order valence-corrected chi connectivity index (χ4v) is 4.36. The van der Waals surface area contributed by atoms with Gasteiger partial charge in [0.1, 0.15) is 0 Å². The van der Waals surface area contributed by atoms with Crippen molar-refractivity contribution in [3.05, 3.63) is 78.4 Å². The Balaban J connectivity index is 0.00000324. The van der Waals surface area contributed by atoms with E-state index in [0.717, 1.165) is 58.9 Å². The quantitative estimate of drug-likeness (QED) is 0.159. The van der Waals surface area contributed by atoms with Crippen LogP contribution >= 0.6 is 12.4 Å². The number of unbranched alkanes of at least 4 members (excludes halogenated alkanes) is 6. The average Bonchev–Trinajstić information content (AvgIpc) is 2.83. The molecular weight excluding hydrogens is 444 g/mol. The monoisotopic (exact) mass is 476 g/mol. The number of carboxylic acids is 1. The third-order valence-corrected chi connectivity index (χ3v) is 6.17. The zero-order chi connectivity index (χ0) is 22.9. The molecule has 0 saturated carbocycles. The first-order valence-corrected chi connectivity index (χ1v) is 12.1. The van der Waals surface area contributed by atoms with Gasteiger partial charge in [-0.25, -0.2) is 4.98 Å². The van der Waals surface area contributed by atoms with Crippen LogP contribution in [0.3, 0.4) is 0 Å². The van der Waals surface area contributed by atoms with Gasteiger partial charge in [-0.1, -0.05) is 80.6 Å². The Morgan fingerprint density at radius 1 is 0.706 bits per heavy atom. The van der Waals surface area contributed by atoms with E-state index in [1.807, 2.05) is 12.1 Å². The van der Waals surface area contributed by atoms with Gasteiger partial charge in [-0.2, -0.15) is 0 Å². The number of nitrogens with zero attached hydrogens (tertiary/aromatic N) is 1. The van der Waals surface area contributed by atoms with Crippen molar-refractivity contribution in [1.82, 2.24) is 4.98 Å². The number of aromatic nitrogens is 1. The lowest BCUT2D eigenvalue weighted by Gasteiger charge is -2.13. The minimum atomic E-state index is -0.682.